The van der Waals surface area contributed by atoms with Gasteiger partial charge in [0.1, 0.15) is 6.29 Å². The lowest BCUT2D eigenvalue weighted by Crippen LogP contribution is -2.07. The molecule has 1 unspecified atom stereocenters. The molecule has 0 spiro atoms. The molecule has 0 aromatic heterocycles. The highest BCUT2D eigenvalue weighted by atomic mass is 16.1. The summed E-state index contributed by atoms with van der Waals surface area (Å²) in [5, 5.41) is 0. The lowest BCUT2D eigenvalue weighted by atomic mass is 9.83. The fourth-order valence-corrected chi connectivity index (χ4v) is 1.77. The maximum absolute atomic E-state index is 10.5. The van der Waals surface area contributed by atoms with Crippen molar-refractivity contribution in [2.24, 2.45) is 5.92 Å². The second-order valence-corrected chi connectivity index (χ2v) is 3.61. The van der Waals surface area contributed by atoms with Crippen LogP contribution in [0.15, 0.2) is 47.1 Å². The number of aldehydes is 1. The Morgan fingerprint density at radius 1 is 1.46 bits per heavy atom. The Hall–Kier alpha value is -1.37. The van der Waals surface area contributed by atoms with Gasteiger partial charge in [-0.2, -0.15) is 0 Å². The molecule has 66 valence electrons. The second-order valence-electron chi connectivity index (χ2n) is 3.61. The molecule has 0 fully saturated rings. The summed E-state index contributed by atoms with van der Waals surface area (Å²) in [6, 6.07) is 0. The summed E-state index contributed by atoms with van der Waals surface area (Å²) in [5.41, 5.74) is 3.44. The number of allylic oxidation sites excluding steroid dienone is 8. The van der Waals surface area contributed by atoms with Gasteiger partial charge in [0.25, 0.3) is 0 Å². The Labute approximate surface area is 78.1 Å². The third kappa shape index (κ3) is 1.55. The summed E-state index contributed by atoms with van der Waals surface area (Å²) in [6.07, 6.45) is 12.2. The SMILES string of the molecule is CC1=CC=C2C=C(C=O)C=CC2C1. The molecule has 2 aliphatic carbocycles. The second kappa shape index (κ2) is 3.17. The first-order chi connectivity index (χ1) is 6.29. The first-order valence-electron chi connectivity index (χ1n) is 4.52. The molecule has 0 aromatic rings. The van der Waals surface area contributed by atoms with E-state index in [1.54, 1.807) is 0 Å². The van der Waals surface area contributed by atoms with Crippen molar-refractivity contribution >= 4 is 6.29 Å². The Morgan fingerprint density at radius 2 is 2.31 bits per heavy atom. The molecule has 0 amide bonds. The highest BCUT2D eigenvalue weighted by Gasteiger charge is 2.16. The summed E-state index contributed by atoms with van der Waals surface area (Å²) in [6.45, 7) is 2.14. The van der Waals surface area contributed by atoms with Crippen molar-refractivity contribution in [1.82, 2.24) is 0 Å². The molecule has 0 aromatic carbocycles. The van der Waals surface area contributed by atoms with Gasteiger partial charge in [-0.05, 0) is 25.0 Å². The van der Waals surface area contributed by atoms with Gasteiger partial charge in [0.05, 0.1) is 0 Å². The Morgan fingerprint density at radius 3 is 3.08 bits per heavy atom. The van der Waals surface area contributed by atoms with Gasteiger partial charge in [0.2, 0.25) is 0 Å². The zero-order valence-corrected chi connectivity index (χ0v) is 7.66. The van der Waals surface area contributed by atoms with Crippen LogP contribution in [-0.2, 0) is 4.79 Å². The predicted molar refractivity (Wildman–Crippen MR) is 53.2 cm³/mol. The number of carbonyl (C=O) groups is 1. The summed E-state index contributed by atoms with van der Waals surface area (Å²) in [4.78, 5) is 10.5. The van der Waals surface area contributed by atoms with Crippen molar-refractivity contribution in [3.63, 3.8) is 0 Å². The van der Waals surface area contributed by atoms with Crippen molar-refractivity contribution in [2.75, 3.05) is 0 Å². The van der Waals surface area contributed by atoms with Crippen molar-refractivity contribution in [2.45, 2.75) is 13.3 Å². The molecule has 2 aliphatic rings. The van der Waals surface area contributed by atoms with Gasteiger partial charge in [0, 0.05) is 11.5 Å². The predicted octanol–water partition coefficient (Wildman–Crippen LogP) is 2.57. The van der Waals surface area contributed by atoms with Crippen molar-refractivity contribution in [3.05, 3.63) is 47.1 Å². The smallest absolute Gasteiger partial charge is 0.150 e. The Bertz CT molecular complexity index is 353. The zero-order valence-electron chi connectivity index (χ0n) is 7.66. The van der Waals surface area contributed by atoms with Crippen LogP contribution in [0, 0.1) is 5.92 Å². The molecule has 1 atom stereocenters. The topological polar surface area (TPSA) is 17.1 Å². The van der Waals surface area contributed by atoms with E-state index in [1.807, 2.05) is 12.2 Å². The summed E-state index contributed by atoms with van der Waals surface area (Å²) in [7, 11) is 0. The van der Waals surface area contributed by atoms with Crippen LogP contribution in [0.1, 0.15) is 13.3 Å². The first-order valence-corrected chi connectivity index (χ1v) is 4.52. The average Bonchev–Trinajstić information content (AvgIpc) is 2.17. The van der Waals surface area contributed by atoms with Crippen LogP contribution in [0.2, 0.25) is 0 Å². The van der Waals surface area contributed by atoms with Gasteiger partial charge in [-0.3, -0.25) is 4.79 Å². The highest BCUT2D eigenvalue weighted by Crippen LogP contribution is 2.30. The van der Waals surface area contributed by atoms with E-state index in [9.17, 15) is 4.79 Å². The number of hydrogen-bond acceptors (Lipinski definition) is 1. The highest BCUT2D eigenvalue weighted by molar-refractivity contribution is 5.79. The van der Waals surface area contributed by atoms with E-state index in [-0.39, 0.29) is 0 Å². The summed E-state index contributed by atoms with van der Waals surface area (Å²) < 4.78 is 0. The third-order valence-corrected chi connectivity index (χ3v) is 2.52. The van der Waals surface area contributed by atoms with E-state index in [0.717, 1.165) is 18.3 Å². The molecule has 0 radical (unpaired) electrons. The first kappa shape index (κ1) is 8.24. The van der Waals surface area contributed by atoms with Gasteiger partial charge < -0.3 is 0 Å². The van der Waals surface area contributed by atoms with Gasteiger partial charge in [-0.25, -0.2) is 0 Å². The van der Waals surface area contributed by atoms with Crippen molar-refractivity contribution in [3.8, 4) is 0 Å². The molecule has 0 N–H and O–H groups in total. The minimum absolute atomic E-state index is 0.494. The molecular formula is C12H12O. The van der Waals surface area contributed by atoms with E-state index in [2.05, 4.69) is 25.2 Å². The van der Waals surface area contributed by atoms with E-state index < -0.39 is 0 Å². The van der Waals surface area contributed by atoms with Gasteiger partial charge >= 0.3 is 0 Å². The van der Waals surface area contributed by atoms with Crippen molar-refractivity contribution < 1.29 is 4.79 Å². The molecule has 0 bridgehead atoms. The fraction of sp³-hybridized carbons (Fsp3) is 0.250. The van der Waals surface area contributed by atoms with Crippen LogP contribution in [0.4, 0.5) is 0 Å². The van der Waals surface area contributed by atoms with Crippen LogP contribution >= 0.6 is 0 Å². The minimum atomic E-state index is 0.494. The van der Waals surface area contributed by atoms with Crippen LogP contribution < -0.4 is 0 Å². The molecule has 0 aliphatic heterocycles. The summed E-state index contributed by atoms with van der Waals surface area (Å²) in [5.74, 6) is 0.494. The van der Waals surface area contributed by atoms with Crippen LogP contribution in [-0.4, -0.2) is 6.29 Å². The van der Waals surface area contributed by atoms with Gasteiger partial charge in [-0.15, -0.1) is 0 Å². The Kier molecular flexibility index (Phi) is 2.01. The molecule has 1 heteroatoms. The maximum atomic E-state index is 10.5. The maximum Gasteiger partial charge on any atom is 0.150 e. The molecule has 13 heavy (non-hydrogen) atoms. The fourth-order valence-electron chi connectivity index (χ4n) is 1.77. The van der Waals surface area contributed by atoms with Gasteiger partial charge in [-0.1, -0.05) is 29.9 Å². The van der Waals surface area contributed by atoms with E-state index in [0.29, 0.717) is 5.92 Å². The van der Waals surface area contributed by atoms with E-state index >= 15 is 0 Å². The lowest BCUT2D eigenvalue weighted by molar-refractivity contribution is -0.104. The molecule has 0 heterocycles. The molecular weight excluding hydrogens is 160 g/mol. The molecule has 0 saturated carbocycles. The minimum Gasteiger partial charge on any atom is -0.298 e. The van der Waals surface area contributed by atoms with Crippen LogP contribution in [0.25, 0.3) is 0 Å². The standard InChI is InChI=1S/C12H12O/c1-9-2-4-12-7-10(8-13)3-5-11(12)6-9/h2-5,7-8,11H,6H2,1H3. The zero-order chi connectivity index (χ0) is 9.26. The molecule has 0 saturated heterocycles. The number of hydrogen-bond donors (Lipinski definition) is 0. The Balaban J connectivity index is 2.34. The summed E-state index contributed by atoms with van der Waals surface area (Å²) >= 11 is 0. The largest absolute Gasteiger partial charge is 0.298 e. The normalized spacial score (nSPS) is 25.6. The number of fused-ring (bicyclic) bond motifs is 1. The molecule has 2 rings (SSSR count). The van der Waals surface area contributed by atoms with Crippen LogP contribution in [0.5, 0.6) is 0 Å². The van der Waals surface area contributed by atoms with Gasteiger partial charge in [0.15, 0.2) is 0 Å². The van der Waals surface area contributed by atoms with E-state index in [4.69, 9.17) is 0 Å². The van der Waals surface area contributed by atoms with Crippen molar-refractivity contribution in [1.29, 1.82) is 0 Å². The molecule has 1 nitrogen and oxygen atoms in total. The third-order valence-electron chi connectivity index (χ3n) is 2.52. The monoisotopic (exact) mass is 172 g/mol. The average molecular weight is 172 g/mol. The lowest BCUT2D eigenvalue weighted by Gasteiger charge is -2.21. The number of rotatable bonds is 1. The number of carbonyl (C=O) groups excluding carboxylic acids is 1. The quantitative estimate of drug-likeness (QED) is 0.555. The van der Waals surface area contributed by atoms with Crippen LogP contribution in [0.3, 0.4) is 0 Å². The van der Waals surface area contributed by atoms with E-state index in [1.165, 1.54) is 11.1 Å².